The summed E-state index contributed by atoms with van der Waals surface area (Å²) in [6.45, 7) is 0. The van der Waals surface area contributed by atoms with Gasteiger partial charge in [0.1, 0.15) is 0 Å². The Morgan fingerprint density at radius 2 is 1.70 bits per heavy atom. The quantitative estimate of drug-likeness (QED) is 0.285. The fourth-order valence-corrected chi connectivity index (χ4v) is 0.647. The van der Waals surface area contributed by atoms with Gasteiger partial charge in [0.2, 0.25) is 0 Å². The highest BCUT2D eigenvalue weighted by Gasteiger charge is 2.30. The summed E-state index contributed by atoms with van der Waals surface area (Å²) in [5.74, 6) is -0.995. The van der Waals surface area contributed by atoms with Crippen molar-refractivity contribution in [3.8, 4) is 0 Å². The summed E-state index contributed by atoms with van der Waals surface area (Å²) in [5.41, 5.74) is 0. The molecule has 0 atom stereocenters. The topological polar surface area (TPSA) is 98.3 Å². The molecule has 1 fully saturated rings. The minimum atomic E-state index is -0.498. The number of hydrogen-bond acceptors (Lipinski definition) is 4. The Morgan fingerprint density at radius 3 is 1.90 bits per heavy atom. The first-order valence-corrected chi connectivity index (χ1v) is 2.43. The lowest BCUT2D eigenvalue weighted by molar-refractivity contribution is -0.360. The SMILES string of the molecule is O.O=C1CCC(=O)N1OO. The van der Waals surface area contributed by atoms with E-state index in [0.717, 1.165) is 0 Å². The molecular weight excluding hydrogens is 142 g/mol. The summed E-state index contributed by atoms with van der Waals surface area (Å²) < 4.78 is 0. The third-order valence-corrected chi connectivity index (χ3v) is 1.09. The first-order valence-electron chi connectivity index (χ1n) is 2.43. The number of carbonyl (C=O) groups excluding carboxylic acids is 2. The van der Waals surface area contributed by atoms with Crippen LogP contribution in [0.15, 0.2) is 0 Å². The van der Waals surface area contributed by atoms with E-state index >= 15 is 0 Å². The maximum Gasteiger partial charge on any atom is 0.256 e. The van der Waals surface area contributed by atoms with Crippen LogP contribution in [0.5, 0.6) is 0 Å². The molecule has 3 N–H and O–H groups in total. The summed E-state index contributed by atoms with van der Waals surface area (Å²) in [6.07, 6.45) is 0.249. The summed E-state index contributed by atoms with van der Waals surface area (Å²) in [4.78, 5) is 24.3. The molecule has 1 rings (SSSR count). The molecular formula is C4H7NO5. The highest BCUT2D eigenvalue weighted by atomic mass is 17.2. The number of carbonyl (C=O) groups is 2. The lowest BCUT2D eigenvalue weighted by Gasteiger charge is -2.03. The van der Waals surface area contributed by atoms with Crippen molar-refractivity contribution >= 4 is 11.8 Å². The van der Waals surface area contributed by atoms with E-state index in [9.17, 15) is 9.59 Å². The minimum absolute atomic E-state index is 0. The zero-order valence-electron chi connectivity index (χ0n) is 5.03. The van der Waals surface area contributed by atoms with Gasteiger partial charge in [-0.05, 0) is 0 Å². The summed E-state index contributed by atoms with van der Waals surface area (Å²) in [5, 5.41) is 8.24. The second kappa shape index (κ2) is 3.25. The van der Waals surface area contributed by atoms with Crippen molar-refractivity contribution in [1.82, 2.24) is 5.06 Å². The number of amides is 2. The molecule has 1 saturated heterocycles. The van der Waals surface area contributed by atoms with Crippen molar-refractivity contribution in [3.05, 3.63) is 0 Å². The molecule has 6 nitrogen and oxygen atoms in total. The average molecular weight is 149 g/mol. The van der Waals surface area contributed by atoms with E-state index in [1.165, 1.54) is 0 Å². The second-order valence-corrected chi connectivity index (χ2v) is 1.66. The van der Waals surface area contributed by atoms with E-state index in [4.69, 9.17) is 5.26 Å². The standard InChI is InChI=1S/C4H5NO4.H2O/c6-3-1-2-4(7)5(3)9-8;/h8H,1-2H2;1H2. The molecule has 0 spiro atoms. The summed E-state index contributed by atoms with van der Waals surface area (Å²) >= 11 is 0. The Hall–Kier alpha value is -0.980. The van der Waals surface area contributed by atoms with Crippen LogP contribution >= 0.6 is 0 Å². The molecule has 0 aromatic rings. The molecule has 1 aliphatic rings. The lowest BCUT2D eigenvalue weighted by atomic mass is 10.4. The molecule has 0 radical (unpaired) electrons. The first-order chi connectivity index (χ1) is 4.25. The molecule has 1 aliphatic heterocycles. The molecule has 0 aliphatic carbocycles. The van der Waals surface area contributed by atoms with Crippen LogP contribution in [0.1, 0.15) is 12.8 Å². The van der Waals surface area contributed by atoms with Crippen LogP contribution in [0.4, 0.5) is 0 Å². The third kappa shape index (κ3) is 1.29. The van der Waals surface area contributed by atoms with Crippen LogP contribution in [0.25, 0.3) is 0 Å². The zero-order valence-corrected chi connectivity index (χ0v) is 5.03. The van der Waals surface area contributed by atoms with Gasteiger partial charge in [0.25, 0.3) is 11.8 Å². The minimum Gasteiger partial charge on any atom is -0.412 e. The number of nitrogens with zero attached hydrogens (tertiary/aromatic N) is 1. The van der Waals surface area contributed by atoms with Crippen LogP contribution in [0.2, 0.25) is 0 Å². The van der Waals surface area contributed by atoms with Gasteiger partial charge in [-0.15, -0.1) is 10.1 Å². The predicted molar refractivity (Wildman–Crippen MR) is 28.4 cm³/mol. The summed E-state index contributed by atoms with van der Waals surface area (Å²) in [7, 11) is 0. The van der Waals surface area contributed by atoms with Gasteiger partial charge in [-0.3, -0.25) is 9.59 Å². The Kier molecular flexibility index (Phi) is 2.94. The molecule has 0 saturated carbocycles. The summed E-state index contributed by atoms with van der Waals surface area (Å²) in [6, 6.07) is 0. The van der Waals surface area contributed by atoms with Crippen molar-refractivity contribution in [1.29, 1.82) is 0 Å². The molecule has 2 amide bonds. The van der Waals surface area contributed by atoms with Crippen molar-refractivity contribution in [2.24, 2.45) is 0 Å². The maximum atomic E-state index is 10.4. The number of rotatable bonds is 1. The van der Waals surface area contributed by atoms with Gasteiger partial charge >= 0.3 is 0 Å². The normalized spacial score (nSPS) is 17.5. The Labute approximate surface area is 56.2 Å². The molecule has 0 aromatic heterocycles. The largest absolute Gasteiger partial charge is 0.412 e. The van der Waals surface area contributed by atoms with Crippen molar-refractivity contribution in [2.75, 3.05) is 0 Å². The van der Waals surface area contributed by atoms with Crippen LogP contribution in [-0.4, -0.2) is 27.6 Å². The fraction of sp³-hybridized carbons (Fsp3) is 0.500. The molecule has 58 valence electrons. The van der Waals surface area contributed by atoms with E-state index in [-0.39, 0.29) is 18.3 Å². The maximum absolute atomic E-state index is 10.4. The van der Waals surface area contributed by atoms with Crippen molar-refractivity contribution in [3.63, 3.8) is 0 Å². The van der Waals surface area contributed by atoms with Gasteiger partial charge in [-0.25, -0.2) is 5.26 Å². The van der Waals surface area contributed by atoms with Gasteiger partial charge in [-0.1, -0.05) is 0 Å². The van der Waals surface area contributed by atoms with E-state index in [1.807, 2.05) is 0 Å². The highest BCUT2D eigenvalue weighted by molar-refractivity contribution is 6.00. The highest BCUT2D eigenvalue weighted by Crippen LogP contribution is 2.10. The van der Waals surface area contributed by atoms with Crippen LogP contribution in [0.3, 0.4) is 0 Å². The lowest BCUT2D eigenvalue weighted by Crippen LogP contribution is -2.27. The molecule has 1 heterocycles. The van der Waals surface area contributed by atoms with E-state index in [2.05, 4.69) is 4.99 Å². The Balaban J connectivity index is 0.000000810. The molecule has 6 heteroatoms. The third-order valence-electron chi connectivity index (χ3n) is 1.09. The fourth-order valence-electron chi connectivity index (χ4n) is 0.647. The molecule has 10 heavy (non-hydrogen) atoms. The van der Waals surface area contributed by atoms with E-state index in [0.29, 0.717) is 5.06 Å². The first kappa shape index (κ1) is 9.02. The van der Waals surface area contributed by atoms with Gasteiger partial charge < -0.3 is 5.48 Å². The monoisotopic (exact) mass is 149 g/mol. The molecule has 0 aromatic carbocycles. The van der Waals surface area contributed by atoms with E-state index < -0.39 is 11.8 Å². The smallest absolute Gasteiger partial charge is 0.256 e. The number of imide groups is 1. The molecule has 0 unspecified atom stereocenters. The van der Waals surface area contributed by atoms with Gasteiger partial charge in [0.05, 0.1) is 0 Å². The van der Waals surface area contributed by atoms with E-state index in [1.54, 1.807) is 0 Å². The Morgan fingerprint density at radius 1 is 1.30 bits per heavy atom. The second-order valence-electron chi connectivity index (χ2n) is 1.66. The van der Waals surface area contributed by atoms with Gasteiger partial charge in [0, 0.05) is 12.8 Å². The van der Waals surface area contributed by atoms with Crippen LogP contribution in [0, 0.1) is 0 Å². The predicted octanol–water partition coefficient (Wildman–Crippen LogP) is -1.28. The van der Waals surface area contributed by atoms with Crippen LogP contribution < -0.4 is 0 Å². The Bertz CT molecular complexity index is 140. The van der Waals surface area contributed by atoms with Crippen LogP contribution in [-0.2, 0) is 14.6 Å². The molecule has 0 bridgehead atoms. The van der Waals surface area contributed by atoms with Crippen molar-refractivity contribution < 1.29 is 25.3 Å². The van der Waals surface area contributed by atoms with Gasteiger partial charge in [0.15, 0.2) is 0 Å². The van der Waals surface area contributed by atoms with Crippen molar-refractivity contribution in [2.45, 2.75) is 12.8 Å². The number of hydroxylamine groups is 2. The average Bonchev–Trinajstić information content (AvgIpc) is 2.12. The number of hydrogen-bond donors (Lipinski definition) is 1. The zero-order chi connectivity index (χ0) is 6.85. The van der Waals surface area contributed by atoms with Gasteiger partial charge in [-0.2, -0.15) is 0 Å².